The number of carbonyl (C=O) groups is 2. The molecular formula is C17H19N3O3. The Bertz CT molecular complexity index is 725. The average Bonchev–Trinajstić information content (AvgIpc) is 3.08. The second-order valence-electron chi connectivity index (χ2n) is 5.95. The number of rotatable bonds is 3. The highest BCUT2D eigenvalue weighted by Crippen LogP contribution is 2.24. The van der Waals surface area contributed by atoms with Crippen LogP contribution in [0.3, 0.4) is 0 Å². The van der Waals surface area contributed by atoms with Gasteiger partial charge in [-0.3, -0.25) is 14.7 Å². The fourth-order valence-electron chi connectivity index (χ4n) is 3.03. The van der Waals surface area contributed by atoms with E-state index in [1.807, 2.05) is 25.1 Å². The molecular weight excluding hydrogens is 294 g/mol. The number of hydrogen-bond acceptors (Lipinski definition) is 3. The van der Waals surface area contributed by atoms with E-state index in [1.165, 1.54) is 0 Å². The van der Waals surface area contributed by atoms with Crippen LogP contribution < -0.4 is 0 Å². The summed E-state index contributed by atoms with van der Waals surface area (Å²) < 4.78 is 0. The van der Waals surface area contributed by atoms with Crippen LogP contribution in [0.1, 0.15) is 28.8 Å². The van der Waals surface area contributed by atoms with Crippen LogP contribution in [0.5, 0.6) is 0 Å². The van der Waals surface area contributed by atoms with Crippen molar-refractivity contribution in [2.24, 2.45) is 5.92 Å². The van der Waals surface area contributed by atoms with Crippen molar-refractivity contribution in [2.45, 2.75) is 19.8 Å². The van der Waals surface area contributed by atoms with E-state index in [4.69, 9.17) is 5.11 Å². The topological polar surface area (TPSA) is 86.3 Å². The van der Waals surface area contributed by atoms with E-state index in [2.05, 4.69) is 10.2 Å². The van der Waals surface area contributed by atoms with Crippen molar-refractivity contribution >= 4 is 11.9 Å². The number of aromatic nitrogens is 2. The predicted octanol–water partition coefficient (Wildman–Crippen LogP) is 2.32. The van der Waals surface area contributed by atoms with E-state index in [9.17, 15) is 9.59 Å². The lowest BCUT2D eigenvalue weighted by Crippen LogP contribution is -2.42. The van der Waals surface area contributed by atoms with E-state index in [1.54, 1.807) is 17.3 Å². The van der Waals surface area contributed by atoms with Gasteiger partial charge in [-0.05, 0) is 37.0 Å². The van der Waals surface area contributed by atoms with Gasteiger partial charge < -0.3 is 10.0 Å². The lowest BCUT2D eigenvalue weighted by molar-refractivity contribution is -0.143. The van der Waals surface area contributed by atoms with Gasteiger partial charge in [-0.25, -0.2) is 0 Å². The van der Waals surface area contributed by atoms with Crippen LogP contribution in [0.25, 0.3) is 11.1 Å². The number of nitrogens with one attached hydrogen (secondary N) is 1. The SMILES string of the molecule is Cc1cc(-c2cn[nH]c2)ccc1C(=O)N1CCCC(C(=O)O)C1. The zero-order valence-electron chi connectivity index (χ0n) is 13.0. The molecule has 2 heterocycles. The zero-order chi connectivity index (χ0) is 16.4. The molecule has 1 unspecified atom stereocenters. The Balaban J connectivity index is 1.81. The molecule has 0 aliphatic carbocycles. The van der Waals surface area contributed by atoms with Gasteiger partial charge in [-0.1, -0.05) is 12.1 Å². The number of hydrogen-bond donors (Lipinski definition) is 2. The van der Waals surface area contributed by atoms with Gasteiger partial charge >= 0.3 is 5.97 Å². The number of benzene rings is 1. The van der Waals surface area contributed by atoms with Crippen molar-refractivity contribution in [3.05, 3.63) is 41.7 Å². The minimum Gasteiger partial charge on any atom is -0.481 e. The number of likely N-dealkylation sites (tertiary alicyclic amines) is 1. The first-order valence-electron chi connectivity index (χ1n) is 7.68. The summed E-state index contributed by atoms with van der Waals surface area (Å²) in [4.78, 5) is 25.5. The Morgan fingerprint density at radius 2 is 2.17 bits per heavy atom. The Labute approximate surface area is 134 Å². The summed E-state index contributed by atoms with van der Waals surface area (Å²) in [6.45, 7) is 2.80. The van der Waals surface area contributed by atoms with Gasteiger partial charge in [0.1, 0.15) is 0 Å². The van der Waals surface area contributed by atoms with E-state index < -0.39 is 11.9 Å². The third-order valence-electron chi connectivity index (χ3n) is 4.35. The first-order valence-corrected chi connectivity index (χ1v) is 7.68. The highest BCUT2D eigenvalue weighted by atomic mass is 16.4. The Morgan fingerprint density at radius 3 is 2.83 bits per heavy atom. The summed E-state index contributed by atoms with van der Waals surface area (Å²) in [6, 6.07) is 5.66. The summed E-state index contributed by atoms with van der Waals surface area (Å²) in [6.07, 6.45) is 4.91. The number of aliphatic carboxylic acids is 1. The van der Waals surface area contributed by atoms with E-state index in [0.29, 0.717) is 18.5 Å². The average molecular weight is 313 g/mol. The molecule has 1 fully saturated rings. The second kappa shape index (κ2) is 6.24. The maximum absolute atomic E-state index is 12.7. The Morgan fingerprint density at radius 1 is 1.35 bits per heavy atom. The Kier molecular flexibility index (Phi) is 4.14. The number of carbonyl (C=O) groups excluding carboxylic acids is 1. The van der Waals surface area contributed by atoms with Crippen LogP contribution in [0, 0.1) is 12.8 Å². The molecule has 6 heteroatoms. The third-order valence-corrected chi connectivity index (χ3v) is 4.35. The van der Waals surface area contributed by atoms with E-state index in [-0.39, 0.29) is 12.5 Å². The molecule has 1 amide bonds. The molecule has 1 atom stereocenters. The number of piperidine rings is 1. The molecule has 0 bridgehead atoms. The van der Waals surface area contributed by atoms with Crippen LogP contribution in [0.2, 0.25) is 0 Å². The molecule has 1 saturated heterocycles. The number of nitrogens with zero attached hydrogens (tertiary/aromatic N) is 2. The highest BCUT2D eigenvalue weighted by Gasteiger charge is 2.29. The maximum atomic E-state index is 12.7. The van der Waals surface area contributed by atoms with Crippen molar-refractivity contribution in [1.29, 1.82) is 0 Å². The summed E-state index contributed by atoms with van der Waals surface area (Å²) in [7, 11) is 0. The fraction of sp³-hybridized carbons (Fsp3) is 0.353. The summed E-state index contributed by atoms with van der Waals surface area (Å²) in [5.41, 5.74) is 3.47. The number of aromatic amines is 1. The van der Waals surface area contributed by atoms with Crippen LogP contribution in [0.15, 0.2) is 30.6 Å². The number of carboxylic acids is 1. The lowest BCUT2D eigenvalue weighted by atomic mass is 9.96. The molecule has 1 aliphatic rings. The highest BCUT2D eigenvalue weighted by molar-refractivity contribution is 5.96. The smallest absolute Gasteiger partial charge is 0.308 e. The molecule has 0 saturated carbocycles. The van der Waals surface area contributed by atoms with Crippen molar-refractivity contribution in [1.82, 2.24) is 15.1 Å². The Hall–Kier alpha value is -2.63. The molecule has 1 aromatic carbocycles. The quantitative estimate of drug-likeness (QED) is 0.910. The van der Waals surface area contributed by atoms with Gasteiger partial charge in [0.25, 0.3) is 5.91 Å². The summed E-state index contributed by atoms with van der Waals surface area (Å²) in [5.74, 6) is -1.38. The minimum absolute atomic E-state index is 0.0906. The summed E-state index contributed by atoms with van der Waals surface area (Å²) >= 11 is 0. The van der Waals surface area contributed by atoms with E-state index >= 15 is 0 Å². The van der Waals surface area contributed by atoms with Crippen molar-refractivity contribution in [3.8, 4) is 11.1 Å². The van der Waals surface area contributed by atoms with Gasteiger partial charge in [-0.2, -0.15) is 5.10 Å². The molecule has 0 spiro atoms. The lowest BCUT2D eigenvalue weighted by Gasteiger charge is -2.31. The van der Waals surface area contributed by atoms with Gasteiger partial charge in [-0.15, -0.1) is 0 Å². The second-order valence-corrected chi connectivity index (χ2v) is 5.95. The van der Waals surface area contributed by atoms with Gasteiger partial charge in [0.05, 0.1) is 12.1 Å². The zero-order valence-corrected chi connectivity index (χ0v) is 13.0. The van der Waals surface area contributed by atoms with Crippen LogP contribution >= 0.6 is 0 Å². The molecule has 120 valence electrons. The number of carboxylic acid groups (broad SMARTS) is 1. The molecule has 2 N–H and O–H groups in total. The summed E-state index contributed by atoms with van der Waals surface area (Å²) in [5, 5.41) is 15.9. The van der Waals surface area contributed by atoms with Gasteiger partial charge in [0, 0.05) is 30.4 Å². The van der Waals surface area contributed by atoms with Crippen molar-refractivity contribution in [3.63, 3.8) is 0 Å². The number of aryl methyl sites for hydroxylation is 1. The van der Waals surface area contributed by atoms with Gasteiger partial charge in [0.2, 0.25) is 0 Å². The monoisotopic (exact) mass is 313 g/mol. The maximum Gasteiger partial charge on any atom is 0.308 e. The third kappa shape index (κ3) is 3.11. The predicted molar refractivity (Wildman–Crippen MR) is 85.0 cm³/mol. The molecule has 2 aromatic rings. The van der Waals surface area contributed by atoms with Crippen molar-refractivity contribution in [2.75, 3.05) is 13.1 Å². The standard InChI is InChI=1S/C17H19N3O3/c1-11-7-12(14-8-18-19-9-14)4-5-15(11)16(21)20-6-2-3-13(10-20)17(22)23/h4-5,7-9,13H,2-3,6,10H2,1H3,(H,18,19)(H,22,23). The first-order chi connectivity index (χ1) is 11.1. The van der Waals surface area contributed by atoms with Crippen LogP contribution in [0.4, 0.5) is 0 Å². The molecule has 23 heavy (non-hydrogen) atoms. The first kappa shape index (κ1) is 15.3. The van der Waals surface area contributed by atoms with Crippen molar-refractivity contribution < 1.29 is 14.7 Å². The fourth-order valence-corrected chi connectivity index (χ4v) is 3.03. The van der Waals surface area contributed by atoms with Crippen LogP contribution in [-0.4, -0.2) is 45.2 Å². The number of H-pyrrole nitrogens is 1. The van der Waals surface area contributed by atoms with Gasteiger partial charge in [0.15, 0.2) is 0 Å². The molecule has 0 radical (unpaired) electrons. The molecule has 1 aliphatic heterocycles. The molecule has 3 rings (SSSR count). The largest absolute Gasteiger partial charge is 0.481 e. The van der Waals surface area contributed by atoms with Crippen LogP contribution in [-0.2, 0) is 4.79 Å². The molecule has 1 aromatic heterocycles. The minimum atomic E-state index is -0.825. The normalized spacial score (nSPS) is 18.0. The van der Waals surface area contributed by atoms with E-state index in [0.717, 1.165) is 23.1 Å². The number of amides is 1. The molecule has 6 nitrogen and oxygen atoms in total.